The van der Waals surface area contributed by atoms with Crippen LogP contribution in [0.1, 0.15) is 37.4 Å². The highest BCUT2D eigenvalue weighted by Crippen LogP contribution is 2.31. The Morgan fingerprint density at radius 1 is 1.30 bits per heavy atom. The lowest BCUT2D eigenvalue weighted by atomic mass is 9.84. The number of hydrogen-bond acceptors (Lipinski definition) is 4. The number of imidazole rings is 1. The third-order valence-corrected chi connectivity index (χ3v) is 5.18. The molecule has 20 heavy (non-hydrogen) atoms. The first-order valence-electron chi connectivity index (χ1n) is 6.90. The van der Waals surface area contributed by atoms with Crippen molar-refractivity contribution in [3.05, 3.63) is 24.0 Å². The fraction of sp³-hybridized carbons (Fsp3) is 0.500. The van der Waals surface area contributed by atoms with Crippen LogP contribution in [0.2, 0.25) is 0 Å². The third kappa shape index (κ3) is 2.45. The maximum atomic E-state index is 11.6. The summed E-state index contributed by atoms with van der Waals surface area (Å²) in [6.45, 7) is 0. The maximum absolute atomic E-state index is 11.6. The SMILES string of the molecule is CS(=O)(=O)c1ccc2nc(C3CCCCC3N)[nH]c2c1. The van der Waals surface area contributed by atoms with Gasteiger partial charge in [-0.2, -0.15) is 0 Å². The number of aromatic nitrogens is 2. The van der Waals surface area contributed by atoms with Crippen LogP contribution in [0.15, 0.2) is 23.1 Å². The zero-order chi connectivity index (χ0) is 14.3. The summed E-state index contributed by atoms with van der Waals surface area (Å²) in [6, 6.07) is 5.14. The van der Waals surface area contributed by atoms with Crippen LogP contribution in [0.4, 0.5) is 0 Å². The number of rotatable bonds is 2. The van der Waals surface area contributed by atoms with Crippen LogP contribution >= 0.6 is 0 Å². The Morgan fingerprint density at radius 3 is 2.75 bits per heavy atom. The fourth-order valence-corrected chi connectivity index (χ4v) is 3.56. The van der Waals surface area contributed by atoms with Crippen LogP contribution in [0.25, 0.3) is 11.0 Å². The van der Waals surface area contributed by atoms with E-state index in [1.807, 2.05) is 0 Å². The van der Waals surface area contributed by atoms with Crippen LogP contribution in [0.5, 0.6) is 0 Å². The molecule has 1 aliphatic rings. The second kappa shape index (κ2) is 4.86. The van der Waals surface area contributed by atoms with E-state index in [9.17, 15) is 8.42 Å². The van der Waals surface area contributed by atoms with Crippen molar-refractivity contribution in [2.75, 3.05) is 6.26 Å². The third-order valence-electron chi connectivity index (χ3n) is 4.07. The summed E-state index contributed by atoms with van der Waals surface area (Å²) in [5.74, 6) is 1.13. The van der Waals surface area contributed by atoms with E-state index in [0.717, 1.165) is 29.7 Å². The molecular weight excluding hydrogens is 274 g/mol. The molecule has 1 saturated carbocycles. The van der Waals surface area contributed by atoms with Gasteiger partial charge in [0, 0.05) is 18.2 Å². The monoisotopic (exact) mass is 293 g/mol. The summed E-state index contributed by atoms with van der Waals surface area (Å²) >= 11 is 0. The number of nitrogens with zero attached hydrogens (tertiary/aromatic N) is 1. The molecule has 1 fully saturated rings. The highest BCUT2D eigenvalue weighted by molar-refractivity contribution is 7.90. The first-order chi connectivity index (χ1) is 9.45. The Morgan fingerprint density at radius 2 is 2.05 bits per heavy atom. The van der Waals surface area contributed by atoms with Crippen LogP contribution in [-0.4, -0.2) is 30.7 Å². The number of nitrogens with two attached hydrogens (primary N) is 1. The smallest absolute Gasteiger partial charge is 0.175 e. The highest BCUT2D eigenvalue weighted by atomic mass is 32.2. The molecule has 0 radical (unpaired) electrons. The van der Waals surface area contributed by atoms with E-state index in [0.29, 0.717) is 4.90 Å². The van der Waals surface area contributed by atoms with E-state index >= 15 is 0 Å². The standard InChI is InChI=1S/C14H19N3O2S/c1-20(18,19)9-6-7-12-13(8-9)17-14(16-12)10-4-2-3-5-11(10)15/h6-8,10-11H,2-5,15H2,1H3,(H,16,17). The van der Waals surface area contributed by atoms with E-state index in [1.165, 1.54) is 19.1 Å². The topological polar surface area (TPSA) is 88.8 Å². The van der Waals surface area contributed by atoms with Gasteiger partial charge >= 0.3 is 0 Å². The predicted molar refractivity (Wildman–Crippen MR) is 78.4 cm³/mol. The van der Waals surface area contributed by atoms with Crippen molar-refractivity contribution in [3.63, 3.8) is 0 Å². The second-order valence-electron chi connectivity index (χ2n) is 5.63. The first-order valence-corrected chi connectivity index (χ1v) is 8.79. The lowest BCUT2D eigenvalue weighted by molar-refractivity contribution is 0.375. The normalized spacial score (nSPS) is 24.1. The molecule has 1 heterocycles. The second-order valence-corrected chi connectivity index (χ2v) is 7.64. The molecule has 5 nitrogen and oxygen atoms in total. The predicted octanol–water partition coefficient (Wildman–Crippen LogP) is 1.95. The number of benzene rings is 1. The number of sulfone groups is 1. The summed E-state index contributed by atoms with van der Waals surface area (Å²) in [6.07, 6.45) is 5.62. The highest BCUT2D eigenvalue weighted by Gasteiger charge is 2.26. The van der Waals surface area contributed by atoms with E-state index < -0.39 is 9.84 Å². The van der Waals surface area contributed by atoms with Gasteiger partial charge in [0.2, 0.25) is 0 Å². The van der Waals surface area contributed by atoms with Crippen molar-refractivity contribution in [3.8, 4) is 0 Å². The minimum atomic E-state index is -3.19. The molecule has 0 amide bonds. The van der Waals surface area contributed by atoms with Gasteiger partial charge in [0.15, 0.2) is 9.84 Å². The molecule has 1 aromatic heterocycles. The lowest BCUT2D eigenvalue weighted by Crippen LogP contribution is -2.31. The Kier molecular flexibility index (Phi) is 3.30. The van der Waals surface area contributed by atoms with E-state index in [1.54, 1.807) is 18.2 Å². The molecule has 108 valence electrons. The average molecular weight is 293 g/mol. The number of hydrogen-bond donors (Lipinski definition) is 2. The van der Waals surface area contributed by atoms with Gasteiger partial charge in [0.25, 0.3) is 0 Å². The number of aromatic amines is 1. The minimum Gasteiger partial charge on any atom is -0.342 e. The van der Waals surface area contributed by atoms with Gasteiger partial charge in [-0.25, -0.2) is 13.4 Å². The molecule has 0 spiro atoms. The Balaban J connectivity index is 2.02. The van der Waals surface area contributed by atoms with Gasteiger partial charge in [0.05, 0.1) is 15.9 Å². The molecular formula is C14H19N3O2S. The van der Waals surface area contributed by atoms with Crippen molar-refractivity contribution in [1.29, 1.82) is 0 Å². The fourth-order valence-electron chi connectivity index (χ4n) is 2.91. The lowest BCUT2D eigenvalue weighted by Gasteiger charge is -2.26. The summed E-state index contributed by atoms with van der Waals surface area (Å²) < 4.78 is 23.2. The summed E-state index contributed by atoms with van der Waals surface area (Å²) in [5.41, 5.74) is 7.74. The summed E-state index contributed by atoms with van der Waals surface area (Å²) in [4.78, 5) is 8.15. The van der Waals surface area contributed by atoms with Crippen LogP contribution in [-0.2, 0) is 9.84 Å². The van der Waals surface area contributed by atoms with Crippen LogP contribution in [0, 0.1) is 0 Å². The van der Waals surface area contributed by atoms with E-state index in [-0.39, 0.29) is 12.0 Å². The molecule has 1 aromatic carbocycles. The molecule has 2 aromatic rings. The van der Waals surface area contributed by atoms with Crippen molar-refractivity contribution in [2.24, 2.45) is 5.73 Å². The number of H-pyrrole nitrogens is 1. The zero-order valence-electron chi connectivity index (χ0n) is 11.5. The molecule has 2 atom stereocenters. The number of fused-ring (bicyclic) bond motifs is 1. The molecule has 0 bridgehead atoms. The molecule has 0 saturated heterocycles. The van der Waals surface area contributed by atoms with Crippen LogP contribution in [0.3, 0.4) is 0 Å². The Labute approximate surface area is 118 Å². The molecule has 3 N–H and O–H groups in total. The Hall–Kier alpha value is -1.40. The molecule has 0 aliphatic heterocycles. The minimum absolute atomic E-state index is 0.138. The van der Waals surface area contributed by atoms with Crippen molar-refractivity contribution in [2.45, 2.75) is 42.5 Å². The molecule has 1 aliphatic carbocycles. The van der Waals surface area contributed by atoms with Gasteiger partial charge in [0.1, 0.15) is 5.82 Å². The maximum Gasteiger partial charge on any atom is 0.175 e. The summed E-state index contributed by atoms with van der Waals surface area (Å²) in [7, 11) is -3.19. The number of nitrogens with one attached hydrogen (secondary N) is 1. The first kappa shape index (κ1) is 13.6. The van der Waals surface area contributed by atoms with Gasteiger partial charge in [-0.05, 0) is 31.0 Å². The van der Waals surface area contributed by atoms with E-state index in [2.05, 4.69) is 9.97 Å². The van der Waals surface area contributed by atoms with Gasteiger partial charge in [-0.1, -0.05) is 12.8 Å². The average Bonchev–Trinajstić information content (AvgIpc) is 2.80. The van der Waals surface area contributed by atoms with E-state index in [4.69, 9.17) is 5.73 Å². The summed E-state index contributed by atoms with van der Waals surface area (Å²) in [5, 5.41) is 0. The Bertz CT molecular complexity index is 736. The quantitative estimate of drug-likeness (QED) is 0.885. The van der Waals surface area contributed by atoms with Gasteiger partial charge < -0.3 is 10.7 Å². The van der Waals surface area contributed by atoms with Crippen molar-refractivity contribution >= 4 is 20.9 Å². The largest absolute Gasteiger partial charge is 0.342 e. The molecule has 3 rings (SSSR count). The molecule has 2 unspecified atom stereocenters. The van der Waals surface area contributed by atoms with Crippen molar-refractivity contribution in [1.82, 2.24) is 9.97 Å². The van der Waals surface area contributed by atoms with Gasteiger partial charge in [-0.3, -0.25) is 0 Å². The zero-order valence-corrected chi connectivity index (χ0v) is 12.3. The van der Waals surface area contributed by atoms with Crippen molar-refractivity contribution < 1.29 is 8.42 Å². The van der Waals surface area contributed by atoms with Gasteiger partial charge in [-0.15, -0.1) is 0 Å². The van der Waals surface area contributed by atoms with Crippen LogP contribution < -0.4 is 5.73 Å². The molecule has 6 heteroatoms.